The lowest BCUT2D eigenvalue weighted by molar-refractivity contribution is 0.0467. The molecule has 3 unspecified atom stereocenters. The number of carbonyl (C=O) groups is 1. The molecule has 0 N–H and O–H groups in total. The van der Waals surface area contributed by atoms with Gasteiger partial charge in [0.15, 0.2) is 5.82 Å². The molecule has 7 heteroatoms. The first kappa shape index (κ1) is 18.7. The van der Waals surface area contributed by atoms with Gasteiger partial charge in [0, 0.05) is 36.9 Å². The van der Waals surface area contributed by atoms with Crippen molar-refractivity contribution in [2.24, 2.45) is 5.92 Å². The highest BCUT2D eigenvalue weighted by Gasteiger charge is 2.48. The molecule has 0 aromatic carbocycles. The van der Waals surface area contributed by atoms with Crippen LogP contribution in [0.4, 0.5) is 0 Å². The van der Waals surface area contributed by atoms with Crippen molar-refractivity contribution >= 4 is 5.91 Å². The maximum atomic E-state index is 13.5. The normalized spacial score (nSPS) is 22.3. The number of hydrogen-bond donors (Lipinski definition) is 0. The molecule has 1 saturated carbocycles. The summed E-state index contributed by atoms with van der Waals surface area (Å²) in [6.45, 7) is 4.64. The zero-order valence-corrected chi connectivity index (χ0v) is 17.0. The van der Waals surface area contributed by atoms with Crippen molar-refractivity contribution in [1.82, 2.24) is 24.8 Å². The van der Waals surface area contributed by atoms with Crippen molar-refractivity contribution in [2.45, 2.75) is 38.8 Å². The Morgan fingerprint density at radius 1 is 1.07 bits per heavy atom. The molecule has 5 rings (SSSR count). The van der Waals surface area contributed by atoms with Crippen LogP contribution in [-0.2, 0) is 0 Å². The molecule has 2 aliphatic rings. The zero-order chi connectivity index (χ0) is 20.7. The molecule has 4 heterocycles. The highest BCUT2D eigenvalue weighted by molar-refractivity contribution is 5.99. The Kier molecular flexibility index (Phi) is 4.65. The van der Waals surface area contributed by atoms with E-state index in [1.807, 2.05) is 43.0 Å². The molecule has 30 heavy (non-hydrogen) atoms. The van der Waals surface area contributed by atoms with Crippen molar-refractivity contribution in [3.8, 4) is 17.4 Å². The van der Waals surface area contributed by atoms with Crippen LogP contribution in [0, 0.1) is 19.8 Å². The lowest BCUT2D eigenvalue weighted by Crippen LogP contribution is -2.47. The van der Waals surface area contributed by atoms with Gasteiger partial charge in [0.2, 0.25) is 5.88 Å². The zero-order valence-electron chi connectivity index (χ0n) is 17.0. The Hall–Kier alpha value is -3.35. The molecule has 1 aliphatic carbocycles. The van der Waals surface area contributed by atoms with Gasteiger partial charge < -0.3 is 9.64 Å². The Balaban J connectivity index is 1.41. The quantitative estimate of drug-likeness (QED) is 0.668. The van der Waals surface area contributed by atoms with Crippen LogP contribution in [-0.4, -0.2) is 49.4 Å². The Bertz CT molecular complexity index is 1070. The molecule has 1 saturated heterocycles. The number of fused-ring (bicyclic) bond motifs is 2. The number of nitrogens with zero attached hydrogens (tertiary/aromatic N) is 5. The number of likely N-dealkylation sites (tertiary alicyclic amines) is 1. The summed E-state index contributed by atoms with van der Waals surface area (Å²) in [5.41, 5.74) is 2.98. The van der Waals surface area contributed by atoms with E-state index in [9.17, 15) is 4.79 Å². The van der Waals surface area contributed by atoms with Crippen molar-refractivity contribution in [3.05, 3.63) is 65.7 Å². The average Bonchev–Trinajstić information content (AvgIpc) is 3.36. The second-order valence-electron chi connectivity index (χ2n) is 8.11. The number of hydrogen-bond acceptors (Lipinski definition) is 6. The molecule has 3 aromatic rings. The number of piperidine rings is 1. The van der Waals surface area contributed by atoms with Gasteiger partial charge in [-0.25, -0.2) is 19.9 Å². The molecule has 1 amide bonds. The van der Waals surface area contributed by atoms with E-state index in [1.165, 1.54) is 0 Å². The number of aryl methyl sites for hydroxylation is 2. The number of carbonyl (C=O) groups excluding carboxylic acids is 1. The van der Waals surface area contributed by atoms with Crippen LogP contribution in [0.1, 0.15) is 34.5 Å². The minimum atomic E-state index is -0.0438. The van der Waals surface area contributed by atoms with E-state index < -0.39 is 0 Å². The molecule has 3 aromatic heterocycles. The maximum Gasteiger partial charge on any atom is 0.256 e. The molecule has 0 radical (unpaired) electrons. The highest BCUT2D eigenvalue weighted by Crippen LogP contribution is 2.40. The van der Waals surface area contributed by atoms with Gasteiger partial charge in [-0.15, -0.1) is 0 Å². The Labute approximate surface area is 175 Å². The molecule has 3 atom stereocenters. The van der Waals surface area contributed by atoms with E-state index in [-0.39, 0.29) is 18.1 Å². The van der Waals surface area contributed by atoms with E-state index in [0.717, 1.165) is 30.6 Å². The van der Waals surface area contributed by atoms with Gasteiger partial charge in [-0.2, -0.15) is 0 Å². The van der Waals surface area contributed by atoms with Crippen LogP contribution in [0.3, 0.4) is 0 Å². The van der Waals surface area contributed by atoms with Crippen LogP contribution in [0.2, 0.25) is 0 Å². The number of rotatable bonds is 4. The van der Waals surface area contributed by atoms with Crippen LogP contribution in [0.25, 0.3) is 11.5 Å². The molecule has 7 nitrogen and oxygen atoms in total. The topological polar surface area (TPSA) is 81.1 Å². The predicted molar refractivity (Wildman–Crippen MR) is 111 cm³/mol. The second-order valence-corrected chi connectivity index (χ2v) is 8.11. The molecule has 0 spiro atoms. The summed E-state index contributed by atoms with van der Waals surface area (Å²) in [5.74, 6) is 1.48. The molecular formula is C23H23N5O2. The molecule has 152 valence electrons. The molecular weight excluding hydrogens is 378 g/mol. The molecule has 1 aliphatic heterocycles. The standard InChI is InChI=1S/C23H23N5O2/c1-14-4-7-20(26-12-14)30-19-11-16-10-18(19)28(13-16)23(29)17-6-5-15(2)27-21(17)22-24-8-3-9-25-22/h3-9,12,16,18-19H,10-11,13H2,1-2H3. The summed E-state index contributed by atoms with van der Waals surface area (Å²) in [6.07, 6.45) is 6.99. The van der Waals surface area contributed by atoms with Gasteiger partial charge in [0.25, 0.3) is 5.91 Å². The third-order valence-corrected chi connectivity index (χ3v) is 5.88. The van der Waals surface area contributed by atoms with Gasteiger partial charge in [-0.1, -0.05) is 6.07 Å². The van der Waals surface area contributed by atoms with Gasteiger partial charge >= 0.3 is 0 Å². The predicted octanol–water partition coefficient (Wildman–Crippen LogP) is 3.23. The summed E-state index contributed by atoms with van der Waals surface area (Å²) in [4.78, 5) is 33.0. The van der Waals surface area contributed by atoms with Gasteiger partial charge in [-0.05, 0) is 56.4 Å². The lowest BCUT2D eigenvalue weighted by Gasteiger charge is -2.33. The SMILES string of the molecule is Cc1ccc(OC2CC3CC2N(C(=O)c2ccc(C)nc2-c2ncccn2)C3)nc1. The van der Waals surface area contributed by atoms with Crippen molar-refractivity contribution in [3.63, 3.8) is 0 Å². The van der Waals surface area contributed by atoms with Crippen LogP contribution in [0.15, 0.2) is 48.9 Å². The fourth-order valence-corrected chi connectivity index (χ4v) is 4.48. The smallest absolute Gasteiger partial charge is 0.256 e. The number of pyridine rings is 2. The number of aromatic nitrogens is 4. The van der Waals surface area contributed by atoms with E-state index in [0.29, 0.717) is 28.9 Å². The second kappa shape index (κ2) is 7.48. The minimum Gasteiger partial charge on any atom is -0.472 e. The summed E-state index contributed by atoms with van der Waals surface area (Å²) in [6, 6.07) is 9.36. The monoisotopic (exact) mass is 401 g/mol. The maximum absolute atomic E-state index is 13.5. The largest absolute Gasteiger partial charge is 0.472 e. The van der Waals surface area contributed by atoms with Gasteiger partial charge in [-0.3, -0.25) is 4.79 Å². The fourth-order valence-electron chi connectivity index (χ4n) is 4.48. The van der Waals surface area contributed by atoms with E-state index >= 15 is 0 Å². The van der Waals surface area contributed by atoms with Gasteiger partial charge in [0.05, 0.1) is 11.6 Å². The van der Waals surface area contributed by atoms with Crippen molar-refractivity contribution < 1.29 is 9.53 Å². The van der Waals surface area contributed by atoms with Crippen LogP contribution in [0.5, 0.6) is 5.88 Å². The third kappa shape index (κ3) is 3.40. The minimum absolute atomic E-state index is 0.0384. The third-order valence-electron chi connectivity index (χ3n) is 5.88. The molecule has 2 fully saturated rings. The first-order chi connectivity index (χ1) is 14.6. The Morgan fingerprint density at radius 3 is 2.63 bits per heavy atom. The summed E-state index contributed by atoms with van der Waals surface area (Å²) < 4.78 is 6.17. The lowest BCUT2D eigenvalue weighted by atomic mass is 10.0. The summed E-state index contributed by atoms with van der Waals surface area (Å²) in [5, 5.41) is 0. The highest BCUT2D eigenvalue weighted by atomic mass is 16.5. The fraction of sp³-hybridized carbons (Fsp3) is 0.348. The number of amides is 1. The molecule has 2 bridgehead atoms. The summed E-state index contributed by atoms with van der Waals surface area (Å²) >= 11 is 0. The summed E-state index contributed by atoms with van der Waals surface area (Å²) in [7, 11) is 0. The van der Waals surface area contributed by atoms with Crippen molar-refractivity contribution in [1.29, 1.82) is 0 Å². The average molecular weight is 401 g/mol. The Morgan fingerprint density at radius 2 is 1.90 bits per heavy atom. The van der Waals surface area contributed by atoms with E-state index in [1.54, 1.807) is 24.7 Å². The van der Waals surface area contributed by atoms with E-state index in [4.69, 9.17) is 4.74 Å². The van der Waals surface area contributed by atoms with Crippen molar-refractivity contribution in [2.75, 3.05) is 6.54 Å². The van der Waals surface area contributed by atoms with Crippen LogP contribution < -0.4 is 4.74 Å². The van der Waals surface area contributed by atoms with Crippen LogP contribution >= 0.6 is 0 Å². The number of ether oxygens (including phenoxy) is 1. The first-order valence-corrected chi connectivity index (χ1v) is 10.2. The van der Waals surface area contributed by atoms with E-state index in [2.05, 4.69) is 19.9 Å². The first-order valence-electron chi connectivity index (χ1n) is 10.2. The van der Waals surface area contributed by atoms with Gasteiger partial charge in [0.1, 0.15) is 11.8 Å².